The largest absolute Gasteiger partial charge is 0.444 e. The lowest BCUT2D eigenvalue weighted by Crippen LogP contribution is -2.59. The van der Waals surface area contributed by atoms with E-state index in [2.05, 4.69) is 16.0 Å². The average molecular weight is 526 g/mol. The normalized spacial score (nSPS) is 14.7. The van der Waals surface area contributed by atoms with Crippen molar-refractivity contribution in [1.29, 1.82) is 0 Å². The Morgan fingerprint density at radius 3 is 1.84 bits per heavy atom. The maximum absolute atomic E-state index is 13.4. The first-order chi connectivity index (χ1) is 17.8. The third kappa shape index (κ3) is 11.4. The highest BCUT2D eigenvalue weighted by molar-refractivity contribution is 5.89. The Morgan fingerprint density at radius 2 is 1.37 bits per heavy atom. The van der Waals surface area contributed by atoms with Crippen LogP contribution in [-0.2, 0) is 27.2 Å². The van der Waals surface area contributed by atoms with Gasteiger partial charge in [-0.05, 0) is 64.0 Å². The third-order valence-corrected chi connectivity index (χ3v) is 5.87. The van der Waals surface area contributed by atoms with E-state index in [1.807, 2.05) is 74.5 Å². The first kappa shape index (κ1) is 31.0. The average Bonchev–Trinajstić information content (AvgIpc) is 2.82. The van der Waals surface area contributed by atoms with Gasteiger partial charge in [0.15, 0.2) is 5.78 Å². The Bertz CT molecular complexity index is 1020. The number of ketones is 1. The molecule has 8 heteroatoms. The van der Waals surface area contributed by atoms with Gasteiger partial charge in [0.25, 0.3) is 0 Å². The molecular formula is C30H43N3O5. The van der Waals surface area contributed by atoms with Crippen LogP contribution in [0.2, 0.25) is 0 Å². The summed E-state index contributed by atoms with van der Waals surface area (Å²) in [5.74, 6) is -0.312. The molecular weight excluding hydrogens is 482 g/mol. The molecule has 2 amide bonds. The summed E-state index contributed by atoms with van der Waals surface area (Å²) >= 11 is 0. The van der Waals surface area contributed by atoms with Crippen molar-refractivity contribution in [3.63, 3.8) is 0 Å². The number of alkyl carbamates (subject to hydrolysis) is 1. The molecule has 0 aliphatic rings. The zero-order valence-corrected chi connectivity index (χ0v) is 23.4. The minimum absolute atomic E-state index is 0.125. The van der Waals surface area contributed by atoms with E-state index in [1.165, 1.54) is 6.92 Å². The molecule has 0 heterocycles. The van der Waals surface area contributed by atoms with Crippen molar-refractivity contribution in [3.05, 3.63) is 71.8 Å². The van der Waals surface area contributed by atoms with Crippen LogP contribution in [-0.4, -0.2) is 52.8 Å². The van der Waals surface area contributed by atoms with Gasteiger partial charge >= 0.3 is 6.09 Å². The first-order valence-corrected chi connectivity index (χ1v) is 13.2. The second-order valence-electron chi connectivity index (χ2n) is 11.1. The molecule has 2 rings (SSSR count). The van der Waals surface area contributed by atoms with Crippen LogP contribution in [0.15, 0.2) is 60.7 Å². The fourth-order valence-corrected chi connectivity index (χ4v) is 4.04. The van der Waals surface area contributed by atoms with Crippen LogP contribution in [0.4, 0.5) is 4.79 Å². The van der Waals surface area contributed by atoms with Gasteiger partial charge in [-0.25, -0.2) is 4.79 Å². The Kier molecular flexibility index (Phi) is 11.9. The van der Waals surface area contributed by atoms with Crippen LogP contribution >= 0.6 is 0 Å². The molecule has 0 aliphatic heterocycles. The first-order valence-electron chi connectivity index (χ1n) is 13.2. The highest BCUT2D eigenvalue weighted by Crippen LogP contribution is 2.12. The maximum atomic E-state index is 13.4. The minimum atomic E-state index is -1.29. The molecule has 38 heavy (non-hydrogen) atoms. The van der Waals surface area contributed by atoms with E-state index in [0.717, 1.165) is 11.1 Å². The van der Waals surface area contributed by atoms with Gasteiger partial charge in [-0.15, -0.1) is 0 Å². The van der Waals surface area contributed by atoms with Crippen molar-refractivity contribution in [2.75, 3.05) is 0 Å². The Morgan fingerprint density at radius 1 is 0.842 bits per heavy atom. The van der Waals surface area contributed by atoms with Crippen LogP contribution in [0.3, 0.4) is 0 Å². The molecule has 2 aromatic carbocycles. The summed E-state index contributed by atoms with van der Waals surface area (Å²) in [6, 6.07) is 16.6. The number of hydrogen-bond donors (Lipinski definition) is 4. The standard InChI is InChI=1S/C30H43N3O5/c1-20(2)17-24(21(3)34)31-27(35)25(18-22-13-9-7-10-14-22)32-28(36)26(19-23-15-11-8-12-16-23)33-29(37)38-30(4,5)6/h7-16,20,24-26,28,32,36H,17-19H2,1-6H3,(H,31,35)(H,33,37)/t24-,25-,26-,28?/m1/s1. The van der Waals surface area contributed by atoms with Gasteiger partial charge in [-0.1, -0.05) is 74.5 Å². The summed E-state index contributed by atoms with van der Waals surface area (Å²) in [6.07, 6.45) is -0.865. The minimum Gasteiger partial charge on any atom is -0.444 e. The Hall–Kier alpha value is -3.23. The van der Waals surface area contributed by atoms with E-state index in [9.17, 15) is 19.5 Å². The molecule has 4 N–H and O–H groups in total. The molecule has 0 bridgehead atoms. The molecule has 0 aromatic heterocycles. The zero-order valence-electron chi connectivity index (χ0n) is 23.4. The molecule has 0 saturated carbocycles. The lowest BCUT2D eigenvalue weighted by Gasteiger charge is -2.30. The van der Waals surface area contributed by atoms with Gasteiger partial charge in [0, 0.05) is 0 Å². The molecule has 4 atom stereocenters. The van der Waals surface area contributed by atoms with Crippen molar-refractivity contribution < 1.29 is 24.2 Å². The predicted octanol–water partition coefficient (Wildman–Crippen LogP) is 3.76. The summed E-state index contributed by atoms with van der Waals surface area (Å²) in [7, 11) is 0. The van der Waals surface area contributed by atoms with Crippen LogP contribution < -0.4 is 16.0 Å². The van der Waals surface area contributed by atoms with Crippen molar-refractivity contribution >= 4 is 17.8 Å². The Balaban J connectivity index is 2.28. The second-order valence-corrected chi connectivity index (χ2v) is 11.1. The lowest BCUT2D eigenvalue weighted by molar-refractivity contribution is -0.129. The van der Waals surface area contributed by atoms with Crippen molar-refractivity contribution in [1.82, 2.24) is 16.0 Å². The van der Waals surface area contributed by atoms with Crippen LogP contribution in [0, 0.1) is 5.92 Å². The third-order valence-electron chi connectivity index (χ3n) is 5.87. The van der Waals surface area contributed by atoms with Gasteiger partial charge in [-0.3, -0.25) is 14.9 Å². The molecule has 208 valence electrons. The number of rotatable bonds is 13. The predicted molar refractivity (Wildman–Crippen MR) is 148 cm³/mol. The number of benzene rings is 2. The number of nitrogens with one attached hydrogen (secondary N) is 3. The molecule has 0 saturated heterocycles. The number of amides is 2. The van der Waals surface area contributed by atoms with Gasteiger partial charge in [0.05, 0.1) is 18.1 Å². The number of hydrogen-bond acceptors (Lipinski definition) is 6. The maximum Gasteiger partial charge on any atom is 0.408 e. The number of aliphatic hydroxyl groups excluding tert-OH is 1. The van der Waals surface area contributed by atoms with Gasteiger partial charge in [-0.2, -0.15) is 0 Å². The van der Waals surface area contributed by atoms with Gasteiger partial charge < -0.3 is 20.5 Å². The monoisotopic (exact) mass is 525 g/mol. The summed E-state index contributed by atoms with van der Waals surface area (Å²) in [5, 5.41) is 19.9. The van der Waals surface area contributed by atoms with Gasteiger partial charge in [0.1, 0.15) is 11.8 Å². The zero-order chi connectivity index (χ0) is 28.3. The second kappa shape index (κ2) is 14.6. The van der Waals surface area contributed by atoms with Crippen LogP contribution in [0.5, 0.6) is 0 Å². The smallest absolute Gasteiger partial charge is 0.408 e. The van der Waals surface area contributed by atoms with Crippen LogP contribution in [0.1, 0.15) is 59.1 Å². The van der Waals surface area contributed by atoms with Crippen LogP contribution in [0.25, 0.3) is 0 Å². The Labute approximate surface area is 226 Å². The fourth-order valence-electron chi connectivity index (χ4n) is 4.04. The molecule has 0 spiro atoms. The summed E-state index contributed by atoms with van der Waals surface area (Å²) in [5.41, 5.74) is 1.07. The number of aliphatic hydroxyl groups is 1. The molecule has 1 unspecified atom stereocenters. The highest BCUT2D eigenvalue weighted by Gasteiger charge is 2.31. The van der Waals surface area contributed by atoms with E-state index >= 15 is 0 Å². The topological polar surface area (TPSA) is 117 Å². The van der Waals surface area contributed by atoms with E-state index in [1.54, 1.807) is 20.8 Å². The van der Waals surface area contributed by atoms with E-state index in [-0.39, 0.29) is 18.1 Å². The summed E-state index contributed by atoms with van der Waals surface area (Å²) in [4.78, 5) is 38.2. The van der Waals surface area contributed by atoms with E-state index < -0.39 is 42.0 Å². The summed E-state index contributed by atoms with van der Waals surface area (Å²) in [6.45, 7) is 10.7. The molecule has 0 radical (unpaired) electrons. The van der Waals surface area contributed by atoms with E-state index in [0.29, 0.717) is 12.8 Å². The molecule has 0 aliphatic carbocycles. The summed E-state index contributed by atoms with van der Waals surface area (Å²) < 4.78 is 5.41. The molecule has 0 fully saturated rings. The number of Topliss-reactive ketones (excluding diaryl/α,β-unsaturated/α-hetero) is 1. The number of carbonyl (C=O) groups is 3. The van der Waals surface area contributed by atoms with Gasteiger partial charge in [0.2, 0.25) is 5.91 Å². The highest BCUT2D eigenvalue weighted by atomic mass is 16.6. The van der Waals surface area contributed by atoms with Crippen molar-refractivity contribution in [2.24, 2.45) is 5.92 Å². The van der Waals surface area contributed by atoms with E-state index in [4.69, 9.17) is 4.74 Å². The quantitative estimate of drug-likeness (QED) is 0.296. The van der Waals surface area contributed by atoms with Crippen molar-refractivity contribution in [3.8, 4) is 0 Å². The SMILES string of the molecule is CC(=O)[C@@H](CC(C)C)NC(=O)[C@@H](Cc1ccccc1)NC(O)[C@@H](Cc1ccccc1)NC(=O)OC(C)(C)C. The molecule has 8 nitrogen and oxygen atoms in total. The fraction of sp³-hybridized carbons (Fsp3) is 0.500. The number of carbonyl (C=O) groups excluding carboxylic acids is 3. The number of ether oxygens (including phenoxy) is 1. The van der Waals surface area contributed by atoms with Crippen molar-refractivity contribution in [2.45, 2.75) is 90.8 Å². The molecule has 2 aromatic rings. The lowest BCUT2D eigenvalue weighted by atomic mass is 9.99.